The molecule has 21 heavy (non-hydrogen) atoms. The van der Waals surface area contributed by atoms with Crippen LogP contribution in [-0.4, -0.2) is 53.5 Å². The number of hydrogen-bond acceptors (Lipinski definition) is 3. The van der Waals surface area contributed by atoms with Crippen LogP contribution in [0.25, 0.3) is 0 Å². The van der Waals surface area contributed by atoms with Gasteiger partial charge in [0.05, 0.1) is 6.54 Å². The summed E-state index contributed by atoms with van der Waals surface area (Å²) in [7, 11) is 3.38. The molecule has 1 amide bonds. The van der Waals surface area contributed by atoms with Crippen LogP contribution in [0.3, 0.4) is 0 Å². The van der Waals surface area contributed by atoms with Crippen LogP contribution in [0.4, 0.5) is 0 Å². The van der Waals surface area contributed by atoms with Crippen molar-refractivity contribution in [3.05, 3.63) is 34.3 Å². The minimum atomic E-state index is -0.902. The van der Waals surface area contributed by atoms with Crippen molar-refractivity contribution >= 4 is 27.8 Å². The number of nitrogens with zero attached hydrogens (tertiary/aromatic N) is 2. The molecule has 0 aliphatic rings. The van der Waals surface area contributed by atoms with E-state index in [0.717, 1.165) is 10.0 Å². The van der Waals surface area contributed by atoms with Gasteiger partial charge in [-0.05, 0) is 25.1 Å². The van der Waals surface area contributed by atoms with E-state index >= 15 is 0 Å². The molecule has 0 saturated heterocycles. The number of carbonyl (C=O) groups excluding carboxylic acids is 1. The number of carboxylic acids is 1. The Morgan fingerprint density at radius 2 is 1.90 bits per heavy atom. The molecule has 0 aliphatic carbocycles. The molecule has 1 aromatic rings. The van der Waals surface area contributed by atoms with Gasteiger partial charge in [0.1, 0.15) is 6.04 Å². The van der Waals surface area contributed by atoms with Crippen LogP contribution in [-0.2, 0) is 16.1 Å². The molecule has 0 bridgehead atoms. The lowest BCUT2D eigenvalue weighted by molar-refractivity contribution is -0.144. The molecular formula is C15H21BrN2O3. The number of carboxylic acid groups (broad SMARTS) is 1. The first kappa shape index (κ1) is 17.7. The Morgan fingerprint density at radius 1 is 1.29 bits per heavy atom. The summed E-state index contributed by atoms with van der Waals surface area (Å²) in [5, 5.41) is 9.09. The number of aliphatic carboxylic acids is 1. The minimum absolute atomic E-state index is 0.0890. The van der Waals surface area contributed by atoms with Crippen molar-refractivity contribution in [2.24, 2.45) is 0 Å². The van der Waals surface area contributed by atoms with Gasteiger partial charge in [-0.15, -0.1) is 0 Å². The highest BCUT2D eigenvalue weighted by molar-refractivity contribution is 9.10. The second kappa shape index (κ2) is 8.14. The molecular weight excluding hydrogens is 336 g/mol. The summed E-state index contributed by atoms with van der Waals surface area (Å²) in [5.41, 5.74) is 1.02. The molecule has 1 rings (SSSR count). The standard InChI is InChI=1S/C15H21BrN2O3/c1-4-13(15(20)21)17(2)10-14(19)18(3)9-11-7-5-6-8-12(11)16/h5-8,13H,4,9-10H2,1-3H3,(H,20,21). The molecule has 1 aromatic carbocycles. The highest BCUT2D eigenvalue weighted by atomic mass is 79.9. The number of amides is 1. The zero-order chi connectivity index (χ0) is 16.0. The van der Waals surface area contributed by atoms with Crippen molar-refractivity contribution in [1.29, 1.82) is 0 Å². The molecule has 0 saturated carbocycles. The number of rotatable bonds is 7. The van der Waals surface area contributed by atoms with E-state index in [1.807, 2.05) is 24.3 Å². The van der Waals surface area contributed by atoms with Crippen LogP contribution in [0, 0.1) is 0 Å². The highest BCUT2D eigenvalue weighted by Crippen LogP contribution is 2.17. The van der Waals surface area contributed by atoms with Gasteiger partial charge in [0.15, 0.2) is 0 Å². The average Bonchev–Trinajstić information content (AvgIpc) is 2.41. The van der Waals surface area contributed by atoms with Crippen molar-refractivity contribution in [3.63, 3.8) is 0 Å². The van der Waals surface area contributed by atoms with E-state index in [0.29, 0.717) is 13.0 Å². The Hall–Kier alpha value is -1.40. The largest absolute Gasteiger partial charge is 0.480 e. The summed E-state index contributed by atoms with van der Waals surface area (Å²) in [6.45, 7) is 2.37. The molecule has 0 heterocycles. The fraction of sp³-hybridized carbons (Fsp3) is 0.467. The van der Waals surface area contributed by atoms with E-state index < -0.39 is 12.0 Å². The smallest absolute Gasteiger partial charge is 0.320 e. The van der Waals surface area contributed by atoms with Gasteiger partial charge < -0.3 is 10.0 Å². The Morgan fingerprint density at radius 3 is 2.43 bits per heavy atom. The molecule has 0 spiro atoms. The predicted molar refractivity (Wildman–Crippen MR) is 85.0 cm³/mol. The maximum absolute atomic E-state index is 12.2. The zero-order valence-corrected chi connectivity index (χ0v) is 14.1. The van der Waals surface area contributed by atoms with Gasteiger partial charge in [-0.1, -0.05) is 41.1 Å². The maximum atomic E-state index is 12.2. The van der Waals surface area contributed by atoms with Crippen molar-refractivity contribution in [2.45, 2.75) is 25.9 Å². The van der Waals surface area contributed by atoms with Gasteiger partial charge in [-0.25, -0.2) is 0 Å². The van der Waals surface area contributed by atoms with E-state index in [1.165, 1.54) is 0 Å². The number of hydrogen-bond donors (Lipinski definition) is 1. The molecule has 6 heteroatoms. The monoisotopic (exact) mass is 356 g/mol. The van der Waals surface area contributed by atoms with Crippen LogP contribution >= 0.6 is 15.9 Å². The lowest BCUT2D eigenvalue weighted by Gasteiger charge is -2.26. The van der Waals surface area contributed by atoms with Crippen LogP contribution in [0.15, 0.2) is 28.7 Å². The van der Waals surface area contributed by atoms with Crippen molar-refractivity contribution < 1.29 is 14.7 Å². The van der Waals surface area contributed by atoms with Gasteiger partial charge >= 0.3 is 5.97 Å². The fourth-order valence-corrected chi connectivity index (χ4v) is 2.50. The summed E-state index contributed by atoms with van der Waals surface area (Å²) < 4.78 is 0.954. The fourth-order valence-electron chi connectivity index (χ4n) is 2.09. The van der Waals surface area contributed by atoms with Crippen molar-refractivity contribution in [3.8, 4) is 0 Å². The van der Waals surface area contributed by atoms with E-state index in [1.54, 1.807) is 30.8 Å². The zero-order valence-electron chi connectivity index (χ0n) is 12.5. The Kier molecular flexibility index (Phi) is 6.84. The third-order valence-electron chi connectivity index (χ3n) is 3.38. The topological polar surface area (TPSA) is 60.9 Å². The highest BCUT2D eigenvalue weighted by Gasteiger charge is 2.23. The van der Waals surface area contributed by atoms with E-state index in [-0.39, 0.29) is 12.5 Å². The summed E-state index contributed by atoms with van der Waals surface area (Å²) in [6, 6.07) is 7.08. The van der Waals surface area contributed by atoms with Crippen LogP contribution in [0.5, 0.6) is 0 Å². The Labute approximate surface area is 133 Å². The van der Waals surface area contributed by atoms with E-state index in [2.05, 4.69) is 15.9 Å². The number of carbonyl (C=O) groups is 2. The minimum Gasteiger partial charge on any atom is -0.480 e. The first-order chi connectivity index (χ1) is 9.86. The van der Waals surface area contributed by atoms with Gasteiger partial charge in [-0.3, -0.25) is 14.5 Å². The number of halogens is 1. The molecule has 116 valence electrons. The second-order valence-electron chi connectivity index (χ2n) is 5.02. The van der Waals surface area contributed by atoms with Crippen LogP contribution in [0.1, 0.15) is 18.9 Å². The van der Waals surface area contributed by atoms with Gasteiger partial charge in [0.2, 0.25) is 5.91 Å². The predicted octanol–water partition coefficient (Wildman–Crippen LogP) is 2.20. The van der Waals surface area contributed by atoms with Gasteiger partial charge in [0.25, 0.3) is 0 Å². The molecule has 0 radical (unpaired) electrons. The number of benzene rings is 1. The maximum Gasteiger partial charge on any atom is 0.320 e. The molecule has 1 unspecified atom stereocenters. The Balaban J connectivity index is 2.63. The molecule has 1 atom stereocenters. The van der Waals surface area contributed by atoms with E-state index in [9.17, 15) is 9.59 Å². The summed E-state index contributed by atoms with van der Waals surface area (Å²) in [4.78, 5) is 26.4. The first-order valence-electron chi connectivity index (χ1n) is 6.77. The third-order valence-corrected chi connectivity index (χ3v) is 4.15. The van der Waals surface area contributed by atoms with Crippen LogP contribution < -0.4 is 0 Å². The third kappa shape index (κ3) is 5.13. The lowest BCUT2D eigenvalue weighted by atomic mass is 10.2. The molecule has 1 N–H and O–H groups in total. The molecule has 5 nitrogen and oxygen atoms in total. The first-order valence-corrected chi connectivity index (χ1v) is 7.56. The summed E-state index contributed by atoms with van der Waals surface area (Å²) in [5.74, 6) is -1.01. The van der Waals surface area contributed by atoms with E-state index in [4.69, 9.17) is 5.11 Å². The molecule has 0 aromatic heterocycles. The quantitative estimate of drug-likeness (QED) is 0.813. The van der Waals surface area contributed by atoms with Crippen LogP contribution in [0.2, 0.25) is 0 Å². The number of likely N-dealkylation sites (N-methyl/N-ethyl adjacent to an activating group) is 2. The molecule has 0 fully saturated rings. The van der Waals surface area contributed by atoms with Gasteiger partial charge in [-0.2, -0.15) is 0 Å². The molecule has 0 aliphatic heterocycles. The summed E-state index contributed by atoms with van der Waals surface area (Å²) in [6.07, 6.45) is 0.465. The SMILES string of the molecule is CCC(C(=O)O)N(C)CC(=O)N(C)Cc1ccccc1Br. The van der Waals surface area contributed by atoms with Crippen molar-refractivity contribution in [1.82, 2.24) is 9.80 Å². The van der Waals surface area contributed by atoms with Gasteiger partial charge in [0, 0.05) is 18.1 Å². The lowest BCUT2D eigenvalue weighted by Crippen LogP contribution is -2.44. The van der Waals surface area contributed by atoms with Crippen molar-refractivity contribution in [2.75, 3.05) is 20.6 Å². The normalized spacial score (nSPS) is 12.2. The summed E-state index contributed by atoms with van der Waals surface area (Å²) >= 11 is 3.45. The second-order valence-corrected chi connectivity index (χ2v) is 5.87. The average molecular weight is 357 g/mol. The Bertz CT molecular complexity index is 507.